The van der Waals surface area contributed by atoms with Crippen molar-refractivity contribution < 1.29 is 14.2 Å². The predicted molar refractivity (Wildman–Crippen MR) is 75.5 cm³/mol. The number of fused-ring (bicyclic) bond motifs is 1. The van der Waals surface area contributed by atoms with Gasteiger partial charge in [-0.05, 0) is 53.8 Å². The van der Waals surface area contributed by atoms with Crippen LogP contribution in [0.15, 0.2) is 36.4 Å². The monoisotopic (exact) mass is 292 g/mol. The van der Waals surface area contributed by atoms with Crippen molar-refractivity contribution in [2.75, 3.05) is 0 Å². The number of ether oxygens (including phenoxy) is 1. The number of benzene rings is 2. The summed E-state index contributed by atoms with van der Waals surface area (Å²) in [6, 6.07) is 10.3. The lowest BCUT2D eigenvalue weighted by atomic mass is 10.1. The first-order valence-electron chi connectivity index (χ1n) is 6.51. The number of aliphatic hydroxyl groups is 1. The summed E-state index contributed by atoms with van der Waals surface area (Å²) in [6.45, 7) is 0.287. The molecular weight excluding hydrogens is 279 g/mol. The Bertz CT molecular complexity index is 642. The van der Waals surface area contributed by atoms with E-state index in [1.165, 1.54) is 12.1 Å². The predicted octanol–water partition coefficient (Wildman–Crippen LogP) is 4.04. The molecule has 2 nitrogen and oxygen atoms in total. The van der Waals surface area contributed by atoms with Gasteiger partial charge in [-0.25, -0.2) is 4.39 Å². The van der Waals surface area contributed by atoms with E-state index in [4.69, 9.17) is 16.3 Å². The van der Waals surface area contributed by atoms with Crippen LogP contribution in [0.3, 0.4) is 0 Å². The minimum Gasteiger partial charge on any atom is -0.489 e. The van der Waals surface area contributed by atoms with Crippen molar-refractivity contribution in [1.29, 1.82) is 0 Å². The Morgan fingerprint density at radius 1 is 1.25 bits per heavy atom. The summed E-state index contributed by atoms with van der Waals surface area (Å²) < 4.78 is 19.0. The second-order valence-electron chi connectivity index (χ2n) is 4.95. The van der Waals surface area contributed by atoms with Gasteiger partial charge in [0.05, 0.1) is 11.1 Å². The molecule has 3 rings (SSSR count). The van der Waals surface area contributed by atoms with Gasteiger partial charge in [-0.3, -0.25) is 0 Å². The van der Waals surface area contributed by atoms with Gasteiger partial charge in [0.2, 0.25) is 0 Å². The second kappa shape index (κ2) is 5.43. The molecule has 0 amide bonds. The minimum absolute atomic E-state index is 0.111. The quantitative estimate of drug-likeness (QED) is 0.925. The summed E-state index contributed by atoms with van der Waals surface area (Å²) in [5.41, 5.74) is 2.83. The minimum atomic E-state index is -0.440. The molecule has 0 saturated carbocycles. The third-order valence-electron chi connectivity index (χ3n) is 3.55. The lowest BCUT2D eigenvalue weighted by Crippen LogP contribution is -1.97. The third kappa shape index (κ3) is 2.65. The second-order valence-corrected chi connectivity index (χ2v) is 5.36. The fourth-order valence-corrected chi connectivity index (χ4v) is 2.57. The largest absolute Gasteiger partial charge is 0.489 e. The van der Waals surface area contributed by atoms with E-state index in [0.717, 1.165) is 35.3 Å². The van der Waals surface area contributed by atoms with Crippen LogP contribution in [0.25, 0.3) is 0 Å². The Balaban J connectivity index is 1.71. The van der Waals surface area contributed by atoms with Crippen LogP contribution in [0.1, 0.15) is 29.2 Å². The number of aliphatic hydroxyl groups excluding tert-OH is 1. The highest BCUT2D eigenvalue weighted by Crippen LogP contribution is 2.33. The molecule has 2 aromatic rings. The molecule has 1 aliphatic carbocycles. The Morgan fingerprint density at radius 2 is 2.10 bits per heavy atom. The topological polar surface area (TPSA) is 29.5 Å². The third-order valence-corrected chi connectivity index (χ3v) is 3.86. The summed E-state index contributed by atoms with van der Waals surface area (Å²) in [6.07, 6.45) is 1.27. The number of halogens is 2. The Labute approximate surface area is 121 Å². The van der Waals surface area contributed by atoms with Crippen LogP contribution in [0.4, 0.5) is 4.39 Å². The molecule has 0 fully saturated rings. The lowest BCUT2D eigenvalue weighted by molar-refractivity contribution is 0.180. The molecule has 0 heterocycles. The molecule has 0 aromatic heterocycles. The molecule has 0 saturated heterocycles. The van der Waals surface area contributed by atoms with Gasteiger partial charge < -0.3 is 9.84 Å². The van der Waals surface area contributed by atoms with Crippen LogP contribution in [0.2, 0.25) is 5.02 Å². The van der Waals surface area contributed by atoms with Crippen molar-refractivity contribution >= 4 is 11.6 Å². The Morgan fingerprint density at radius 3 is 2.90 bits per heavy atom. The van der Waals surface area contributed by atoms with Crippen LogP contribution >= 0.6 is 11.6 Å². The van der Waals surface area contributed by atoms with Crippen molar-refractivity contribution in [3.05, 3.63) is 63.9 Å². The Kier molecular flexibility index (Phi) is 3.64. The number of hydrogen-bond donors (Lipinski definition) is 1. The van der Waals surface area contributed by atoms with Crippen LogP contribution in [0, 0.1) is 5.82 Å². The van der Waals surface area contributed by atoms with Crippen LogP contribution in [0.5, 0.6) is 5.75 Å². The first-order valence-corrected chi connectivity index (χ1v) is 6.89. The van der Waals surface area contributed by atoms with E-state index in [1.807, 2.05) is 18.2 Å². The SMILES string of the molecule is O[C@@H]1CCc2cc(OCc3ccc(Cl)c(F)c3)ccc21. The molecule has 104 valence electrons. The van der Waals surface area contributed by atoms with Crippen molar-refractivity contribution in [2.45, 2.75) is 25.6 Å². The van der Waals surface area contributed by atoms with E-state index in [9.17, 15) is 9.50 Å². The molecule has 0 spiro atoms. The maximum Gasteiger partial charge on any atom is 0.142 e. The van der Waals surface area contributed by atoms with Gasteiger partial charge in [0, 0.05) is 0 Å². The van der Waals surface area contributed by atoms with Crippen molar-refractivity contribution in [2.24, 2.45) is 0 Å². The highest BCUT2D eigenvalue weighted by molar-refractivity contribution is 6.30. The normalized spacial score (nSPS) is 17.1. The molecule has 1 N–H and O–H groups in total. The van der Waals surface area contributed by atoms with E-state index in [2.05, 4.69) is 0 Å². The van der Waals surface area contributed by atoms with Gasteiger partial charge in [0.1, 0.15) is 18.2 Å². The lowest BCUT2D eigenvalue weighted by Gasteiger charge is -2.09. The van der Waals surface area contributed by atoms with E-state index >= 15 is 0 Å². The fourth-order valence-electron chi connectivity index (χ4n) is 2.46. The zero-order valence-electron chi connectivity index (χ0n) is 10.8. The zero-order valence-corrected chi connectivity index (χ0v) is 11.5. The van der Waals surface area contributed by atoms with Gasteiger partial charge in [-0.15, -0.1) is 0 Å². The summed E-state index contributed by atoms with van der Waals surface area (Å²) in [5.74, 6) is 0.290. The van der Waals surface area contributed by atoms with Gasteiger partial charge in [-0.1, -0.05) is 23.7 Å². The average Bonchev–Trinajstić information content (AvgIpc) is 2.81. The van der Waals surface area contributed by atoms with Crippen molar-refractivity contribution in [3.8, 4) is 5.75 Å². The molecule has 0 bridgehead atoms. The molecule has 4 heteroatoms. The summed E-state index contributed by atoms with van der Waals surface area (Å²) in [7, 11) is 0. The molecule has 2 aromatic carbocycles. The van der Waals surface area contributed by atoms with Crippen molar-refractivity contribution in [1.82, 2.24) is 0 Å². The van der Waals surface area contributed by atoms with Gasteiger partial charge >= 0.3 is 0 Å². The zero-order chi connectivity index (χ0) is 14.1. The number of hydrogen-bond acceptors (Lipinski definition) is 2. The van der Waals surface area contributed by atoms with E-state index in [0.29, 0.717) is 0 Å². The maximum atomic E-state index is 13.3. The molecule has 1 atom stereocenters. The van der Waals surface area contributed by atoms with Crippen LogP contribution in [-0.2, 0) is 13.0 Å². The van der Waals surface area contributed by atoms with Crippen molar-refractivity contribution in [3.63, 3.8) is 0 Å². The standard InChI is InChI=1S/C16H14ClFO2/c17-14-5-1-10(7-15(14)18)9-20-12-3-4-13-11(8-12)2-6-16(13)19/h1,3-5,7-8,16,19H,2,6,9H2/t16-/m1/s1. The Hall–Kier alpha value is -1.58. The van der Waals surface area contributed by atoms with Gasteiger partial charge in [0.25, 0.3) is 0 Å². The average molecular weight is 293 g/mol. The highest BCUT2D eigenvalue weighted by Gasteiger charge is 2.20. The fraction of sp³-hybridized carbons (Fsp3) is 0.250. The molecule has 0 aliphatic heterocycles. The molecule has 20 heavy (non-hydrogen) atoms. The molecular formula is C16H14ClFO2. The number of rotatable bonds is 3. The van der Waals surface area contributed by atoms with Gasteiger partial charge in [-0.2, -0.15) is 0 Å². The highest BCUT2D eigenvalue weighted by atomic mass is 35.5. The smallest absolute Gasteiger partial charge is 0.142 e. The van der Waals surface area contributed by atoms with Crippen LogP contribution < -0.4 is 4.74 Å². The molecule has 1 aliphatic rings. The van der Waals surface area contributed by atoms with E-state index in [1.54, 1.807) is 6.07 Å². The molecule has 0 unspecified atom stereocenters. The summed E-state index contributed by atoms with van der Waals surface area (Å²) in [4.78, 5) is 0. The summed E-state index contributed by atoms with van der Waals surface area (Å²) in [5, 5.41) is 9.85. The number of aryl methyl sites for hydroxylation is 1. The first kappa shape index (κ1) is 13.4. The first-order chi connectivity index (χ1) is 9.63. The molecule has 0 radical (unpaired) electrons. The van der Waals surface area contributed by atoms with E-state index in [-0.39, 0.29) is 17.7 Å². The van der Waals surface area contributed by atoms with E-state index < -0.39 is 5.82 Å². The van der Waals surface area contributed by atoms with Gasteiger partial charge in [0.15, 0.2) is 0 Å². The maximum absolute atomic E-state index is 13.3. The summed E-state index contributed by atoms with van der Waals surface area (Å²) >= 11 is 5.64. The van der Waals surface area contributed by atoms with Crippen LogP contribution in [-0.4, -0.2) is 5.11 Å².